The van der Waals surface area contributed by atoms with E-state index in [1.54, 1.807) is 30.7 Å². The molecule has 1 saturated heterocycles. The number of fused-ring (bicyclic) bond motifs is 1. The van der Waals surface area contributed by atoms with Crippen LogP contribution in [-0.2, 0) is 20.1 Å². The summed E-state index contributed by atoms with van der Waals surface area (Å²) in [6, 6.07) is 4.52. The van der Waals surface area contributed by atoms with Gasteiger partial charge in [-0.15, -0.1) is 0 Å². The minimum Gasteiger partial charge on any atom is -0.342 e. The Morgan fingerprint density at radius 3 is 2.52 bits per heavy atom. The number of aryl methyl sites for hydroxylation is 1. The molecule has 0 unspecified atom stereocenters. The summed E-state index contributed by atoms with van der Waals surface area (Å²) < 4.78 is 18.8. The first-order valence-corrected chi connectivity index (χ1v) is 10.2. The minimum absolute atomic E-state index is 0.0605. The van der Waals surface area contributed by atoms with Crippen LogP contribution in [0.2, 0.25) is 5.02 Å². The zero-order chi connectivity index (χ0) is 20.7. The highest BCUT2D eigenvalue weighted by atomic mass is 35.5. The van der Waals surface area contributed by atoms with Crippen LogP contribution in [0.15, 0.2) is 27.8 Å². The number of rotatable bonds is 4. The molecule has 9 heteroatoms. The van der Waals surface area contributed by atoms with Gasteiger partial charge >= 0.3 is 5.69 Å². The van der Waals surface area contributed by atoms with Crippen LogP contribution in [0.5, 0.6) is 0 Å². The highest BCUT2D eigenvalue weighted by molar-refractivity contribution is 6.31. The standard InChI is InChI=1S/C20H23ClFN5O2/c1-3-26-18(28)16-17(24(2)20(26)29)23-19(25-10-5-4-6-11-25)27(16)12-13-14(21)8-7-9-15(13)22/h7-9H,3-6,10-12H2,1-2H3. The molecular weight excluding hydrogens is 397 g/mol. The lowest BCUT2D eigenvalue weighted by molar-refractivity contribution is 0.555. The number of hydrogen-bond donors (Lipinski definition) is 0. The van der Waals surface area contributed by atoms with Gasteiger partial charge in [0, 0.05) is 37.3 Å². The number of piperidine rings is 1. The van der Waals surface area contributed by atoms with Crippen molar-refractivity contribution in [1.29, 1.82) is 0 Å². The Kier molecular flexibility index (Phi) is 5.21. The maximum atomic E-state index is 14.5. The first-order chi connectivity index (χ1) is 13.9. The molecule has 1 aliphatic rings. The number of imidazole rings is 1. The number of nitrogens with zero attached hydrogens (tertiary/aromatic N) is 5. The predicted molar refractivity (Wildman–Crippen MR) is 111 cm³/mol. The molecule has 0 atom stereocenters. The lowest BCUT2D eigenvalue weighted by atomic mass is 10.1. The van der Waals surface area contributed by atoms with Gasteiger partial charge in [-0.1, -0.05) is 17.7 Å². The van der Waals surface area contributed by atoms with E-state index in [0.29, 0.717) is 17.2 Å². The molecule has 0 saturated carbocycles. The lowest BCUT2D eigenvalue weighted by Gasteiger charge is -2.28. The van der Waals surface area contributed by atoms with Crippen LogP contribution < -0.4 is 16.1 Å². The highest BCUT2D eigenvalue weighted by Gasteiger charge is 2.25. The fourth-order valence-electron chi connectivity index (χ4n) is 3.97. The first kappa shape index (κ1) is 19.7. The smallest absolute Gasteiger partial charge is 0.332 e. The second-order valence-corrected chi connectivity index (χ2v) is 7.72. The van der Waals surface area contributed by atoms with Gasteiger partial charge in [-0.2, -0.15) is 4.98 Å². The quantitative estimate of drug-likeness (QED) is 0.652. The van der Waals surface area contributed by atoms with Crippen molar-refractivity contribution in [3.63, 3.8) is 0 Å². The van der Waals surface area contributed by atoms with Crippen LogP contribution in [-0.4, -0.2) is 31.8 Å². The maximum Gasteiger partial charge on any atom is 0.332 e. The molecule has 0 bridgehead atoms. The molecule has 1 aromatic carbocycles. The van der Waals surface area contributed by atoms with Crippen molar-refractivity contribution in [2.24, 2.45) is 7.05 Å². The van der Waals surface area contributed by atoms with Gasteiger partial charge in [0.05, 0.1) is 6.54 Å². The van der Waals surface area contributed by atoms with E-state index in [0.717, 1.165) is 32.4 Å². The zero-order valence-electron chi connectivity index (χ0n) is 16.5. The van der Waals surface area contributed by atoms with Crippen molar-refractivity contribution in [1.82, 2.24) is 18.7 Å². The Labute approximate surface area is 171 Å². The van der Waals surface area contributed by atoms with Crippen molar-refractivity contribution in [2.75, 3.05) is 18.0 Å². The third kappa shape index (κ3) is 3.25. The van der Waals surface area contributed by atoms with E-state index in [1.807, 2.05) is 0 Å². The number of benzene rings is 1. The van der Waals surface area contributed by atoms with Crippen LogP contribution in [0.4, 0.5) is 10.3 Å². The predicted octanol–water partition coefficient (Wildman–Crippen LogP) is 2.75. The summed E-state index contributed by atoms with van der Waals surface area (Å²) in [4.78, 5) is 32.5. The van der Waals surface area contributed by atoms with Gasteiger partial charge < -0.3 is 4.90 Å². The second kappa shape index (κ2) is 7.67. The van der Waals surface area contributed by atoms with Gasteiger partial charge in [0.15, 0.2) is 11.2 Å². The van der Waals surface area contributed by atoms with Crippen LogP contribution >= 0.6 is 11.6 Å². The Morgan fingerprint density at radius 1 is 1.14 bits per heavy atom. The van der Waals surface area contributed by atoms with E-state index >= 15 is 0 Å². The van der Waals surface area contributed by atoms with Gasteiger partial charge in [0.25, 0.3) is 5.56 Å². The monoisotopic (exact) mass is 419 g/mol. The molecule has 7 nitrogen and oxygen atoms in total. The average molecular weight is 420 g/mol. The minimum atomic E-state index is -0.440. The van der Waals surface area contributed by atoms with Crippen LogP contribution in [0.1, 0.15) is 31.7 Å². The fraction of sp³-hybridized carbons (Fsp3) is 0.450. The maximum absolute atomic E-state index is 14.5. The second-order valence-electron chi connectivity index (χ2n) is 7.31. The Bertz CT molecular complexity index is 1170. The van der Waals surface area contributed by atoms with Crippen molar-refractivity contribution in [3.8, 4) is 0 Å². The van der Waals surface area contributed by atoms with Crippen LogP contribution in [0.3, 0.4) is 0 Å². The van der Waals surface area contributed by atoms with Gasteiger partial charge in [-0.25, -0.2) is 9.18 Å². The number of anilines is 1. The van der Waals surface area contributed by atoms with Gasteiger partial charge in [0.1, 0.15) is 5.82 Å². The SMILES string of the molecule is CCn1c(=O)c2c(nc(N3CCCCC3)n2Cc2c(F)cccc2Cl)n(C)c1=O. The van der Waals surface area contributed by atoms with Gasteiger partial charge in [0.2, 0.25) is 5.95 Å². The summed E-state index contributed by atoms with van der Waals surface area (Å²) >= 11 is 6.26. The molecule has 3 aromatic rings. The van der Waals surface area contributed by atoms with E-state index in [9.17, 15) is 14.0 Å². The van der Waals surface area contributed by atoms with E-state index in [1.165, 1.54) is 15.2 Å². The molecule has 1 fully saturated rings. The van der Waals surface area contributed by atoms with Gasteiger partial charge in [-0.3, -0.25) is 18.5 Å². The molecule has 1 aliphatic heterocycles. The molecule has 4 rings (SSSR count). The number of aromatic nitrogens is 4. The third-order valence-electron chi connectivity index (χ3n) is 5.55. The molecule has 3 heterocycles. The molecular formula is C20H23ClFN5O2. The van der Waals surface area contributed by atoms with Crippen molar-refractivity contribution in [3.05, 3.63) is 55.4 Å². The summed E-state index contributed by atoms with van der Waals surface area (Å²) in [6.07, 6.45) is 3.17. The van der Waals surface area contributed by atoms with E-state index in [4.69, 9.17) is 11.6 Å². The third-order valence-corrected chi connectivity index (χ3v) is 5.90. The number of halogens is 2. The van der Waals surface area contributed by atoms with Crippen molar-refractivity contribution < 1.29 is 4.39 Å². The normalized spacial score (nSPS) is 14.7. The summed E-state index contributed by atoms with van der Waals surface area (Å²) in [5.74, 6) is 0.129. The lowest BCUT2D eigenvalue weighted by Crippen LogP contribution is -2.39. The number of hydrogen-bond acceptors (Lipinski definition) is 4. The average Bonchev–Trinajstić information content (AvgIpc) is 3.10. The molecule has 0 spiro atoms. The highest BCUT2D eigenvalue weighted by Crippen LogP contribution is 2.27. The van der Waals surface area contributed by atoms with Crippen LogP contribution in [0, 0.1) is 5.82 Å². The first-order valence-electron chi connectivity index (χ1n) is 9.82. The topological polar surface area (TPSA) is 65.1 Å². The van der Waals surface area contributed by atoms with Gasteiger partial charge in [-0.05, 0) is 38.3 Å². The Balaban J connectivity index is 2.02. The molecule has 29 heavy (non-hydrogen) atoms. The van der Waals surface area contributed by atoms with E-state index < -0.39 is 17.1 Å². The van der Waals surface area contributed by atoms with E-state index in [2.05, 4.69) is 9.88 Å². The molecule has 0 radical (unpaired) electrons. The fourth-order valence-corrected chi connectivity index (χ4v) is 4.19. The molecule has 154 valence electrons. The largest absolute Gasteiger partial charge is 0.342 e. The van der Waals surface area contributed by atoms with Crippen LogP contribution in [0.25, 0.3) is 11.2 Å². The summed E-state index contributed by atoms with van der Waals surface area (Å²) in [6.45, 7) is 3.64. The summed E-state index contributed by atoms with van der Waals surface area (Å²) in [5, 5.41) is 0.289. The molecule has 0 amide bonds. The van der Waals surface area contributed by atoms with E-state index in [-0.39, 0.29) is 23.6 Å². The summed E-state index contributed by atoms with van der Waals surface area (Å²) in [7, 11) is 1.60. The molecule has 0 N–H and O–H groups in total. The van der Waals surface area contributed by atoms with Crippen molar-refractivity contribution >= 4 is 28.7 Å². The molecule has 0 aliphatic carbocycles. The molecule has 2 aromatic heterocycles. The summed E-state index contributed by atoms with van der Waals surface area (Å²) in [5.41, 5.74) is 0.0483. The Hall–Kier alpha value is -2.61. The Morgan fingerprint density at radius 2 is 1.86 bits per heavy atom. The van der Waals surface area contributed by atoms with Crippen molar-refractivity contribution in [2.45, 2.75) is 39.3 Å². The zero-order valence-corrected chi connectivity index (χ0v) is 17.2.